The largest absolute Gasteiger partial charge is 0.379 e. The van der Waals surface area contributed by atoms with Crippen molar-refractivity contribution in [1.29, 1.82) is 0 Å². The minimum Gasteiger partial charge on any atom is -0.379 e. The van der Waals surface area contributed by atoms with Crippen LogP contribution in [0.1, 0.15) is 19.8 Å². The van der Waals surface area contributed by atoms with Crippen molar-refractivity contribution in [3.63, 3.8) is 0 Å². The topological polar surface area (TPSA) is 67.9 Å². The first-order valence-corrected chi connectivity index (χ1v) is 7.56. The van der Waals surface area contributed by atoms with Gasteiger partial charge in [0.15, 0.2) is 0 Å². The van der Waals surface area contributed by atoms with Crippen molar-refractivity contribution in [1.82, 2.24) is 0 Å². The molecule has 1 N–H and O–H groups in total. The first-order chi connectivity index (χ1) is 10.7. The molecular weight excluding hydrogens is 284 g/mol. The molecule has 0 spiro atoms. The number of nitrogens with one attached hydrogen (secondary N) is 1. The Kier molecular flexibility index (Phi) is 6.36. The molecule has 0 bridgehead atoms. The molecule has 1 aliphatic rings. The second-order valence-electron chi connectivity index (χ2n) is 4.99. The molecule has 22 heavy (non-hydrogen) atoms. The van der Waals surface area contributed by atoms with Crippen molar-refractivity contribution in [2.24, 2.45) is 0 Å². The average Bonchev–Trinajstić information content (AvgIpc) is 2.94. The maximum Gasteiger partial charge on any atom is 0.250 e. The molecule has 2 rings (SSSR count). The molecule has 1 heterocycles. The fourth-order valence-corrected chi connectivity index (χ4v) is 2.27. The zero-order valence-corrected chi connectivity index (χ0v) is 12.8. The zero-order valence-electron chi connectivity index (χ0n) is 12.8. The second-order valence-corrected chi connectivity index (χ2v) is 4.99. The fraction of sp³-hybridized carbons (Fsp3) is 0.500. The molecule has 1 aromatic rings. The van der Waals surface area contributed by atoms with Gasteiger partial charge < -0.3 is 19.7 Å². The van der Waals surface area contributed by atoms with Crippen LogP contribution in [0.15, 0.2) is 24.3 Å². The highest BCUT2D eigenvalue weighted by Gasteiger charge is 2.21. The lowest BCUT2D eigenvalue weighted by molar-refractivity contribution is -0.121. The standard InChI is InChI=1S/C16H22N2O4/c1-2-21-10-11-22-12-15(19)17-13-5-7-14(8-6-13)18-9-3-4-16(18)20/h5-8H,2-4,9-12H2,1H3,(H,17,19). The Morgan fingerprint density at radius 2 is 1.95 bits per heavy atom. The molecular formula is C16H22N2O4. The van der Waals surface area contributed by atoms with Crippen molar-refractivity contribution in [2.75, 3.05) is 43.2 Å². The molecule has 1 aliphatic heterocycles. The summed E-state index contributed by atoms with van der Waals surface area (Å²) >= 11 is 0. The van der Waals surface area contributed by atoms with E-state index < -0.39 is 0 Å². The molecule has 0 aromatic heterocycles. The van der Waals surface area contributed by atoms with Crippen LogP contribution in [-0.2, 0) is 19.1 Å². The number of benzene rings is 1. The van der Waals surface area contributed by atoms with Gasteiger partial charge in [0.2, 0.25) is 11.8 Å². The molecule has 6 nitrogen and oxygen atoms in total. The van der Waals surface area contributed by atoms with E-state index in [0.717, 1.165) is 18.7 Å². The lowest BCUT2D eigenvalue weighted by atomic mass is 10.2. The summed E-state index contributed by atoms with van der Waals surface area (Å²) in [4.78, 5) is 25.1. The van der Waals surface area contributed by atoms with Crippen LogP contribution in [0.2, 0.25) is 0 Å². The number of nitrogens with zero attached hydrogens (tertiary/aromatic N) is 1. The number of amides is 2. The molecule has 0 saturated carbocycles. The summed E-state index contributed by atoms with van der Waals surface area (Å²) in [6.07, 6.45) is 1.51. The normalized spacial score (nSPS) is 14.4. The molecule has 120 valence electrons. The van der Waals surface area contributed by atoms with E-state index in [9.17, 15) is 9.59 Å². The van der Waals surface area contributed by atoms with E-state index in [1.54, 1.807) is 17.0 Å². The first kappa shape index (κ1) is 16.5. The maximum atomic E-state index is 11.7. The average molecular weight is 306 g/mol. The van der Waals surface area contributed by atoms with Gasteiger partial charge in [0, 0.05) is 30.9 Å². The molecule has 0 unspecified atom stereocenters. The minimum absolute atomic E-state index is 0.000559. The highest BCUT2D eigenvalue weighted by molar-refractivity contribution is 5.96. The number of rotatable bonds is 8. The van der Waals surface area contributed by atoms with E-state index in [1.165, 1.54) is 0 Å². The van der Waals surface area contributed by atoms with Crippen LogP contribution in [0, 0.1) is 0 Å². The van der Waals surface area contributed by atoms with Crippen LogP contribution in [0.5, 0.6) is 0 Å². The quantitative estimate of drug-likeness (QED) is 0.744. The summed E-state index contributed by atoms with van der Waals surface area (Å²) < 4.78 is 10.3. The molecule has 1 saturated heterocycles. The SMILES string of the molecule is CCOCCOCC(=O)Nc1ccc(N2CCCC2=O)cc1. The number of anilines is 2. The van der Waals surface area contributed by atoms with Crippen molar-refractivity contribution < 1.29 is 19.1 Å². The highest BCUT2D eigenvalue weighted by atomic mass is 16.5. The Balaban J connectivity index is 1.76. The molecule has 0 aliphatic carbocycles. The van der Waals surface area contributed by atoms with E-state index >= 15 is 0 Å². The molecule has 0 radical (unpaired) electrons. The Morgan fingerprint density at radius 1 is 1.23 bits per heavy atom. The molecule has 1 aromatic carbocycles. The van der Waals surface area contributed by atoms with Crippen LogP contribution in [0.4, 0.5) is 11.4 Å². The Bertz CT molecular complexity index is 501. The van der Waals surface area contributed by atoms with Crippen molar-refractivity contribution >= 4 is 23.2 Å². The Labute approximate surface area is 130 Å². The van der Waals surface area contributed by atoms with E-state index in [4.69, 9.17) is 9.47 Å². The second kappa shape index (κ2) is 8.51. The van der Waals surface area contributed by atoms with Gasteiger partial charge in [-0.1, -0.05) is 0 Å². The summed E-state index contributed by atoms with van der Waals surface area (Å²) in [6.45, 7) is 4.20. The fourth-order valence-electron chi connectivity index (χ4n) is 2.27. The summed E-state index contributed by atoms with van der Waals surface area (Å²) in [5.41, 5.74) is 1.56. The van der Waals surface area contributed by atoms with Crippen molar-refractivity contribution in [2.45, 2.75) is 19.8 Å². The lowest BCUT2D eigenvalue weighted by Gasteiger charge is -2.16. The third kappa shape index (κ3) is 4.82. The van der Waals surface area contributed by atoms with Crippen LogP contribution in [0.25, 0.3) is 0 Å². The lowest BCUT2D eigenvalue weighted by Crippen LogP contribution is -2.23. The Morgan fingerprint density at radius 3 is 2.59 bits per heavy atom. The van der Waals surface area contributed by atoms with E-state index in [1.807, 2.05) is 19.1 Å². The van der Waals surface area contributed by atoms with Gasteiger partial charge in [-0.15, -0.1) is 0 Å². The maximum absolute atomic E-state index is 11.7. The number of hydrogen-bond donors (Lipinski definition) is 1. The van der Waals surface area contributed by atoms with Gasteiger partial charge in [0.25, 0.3) is 0 Å². The summed E-state index contributed by atoms with van der Waals surface area (Å²) in [5.74, 6) is -0.0546. The molecule has 0 atom stereocenters. The number of hydrogen-bond acceptors (Lipinski definition) is 4. The number of carbonyl (C=O) groups excluding carboxylic acids is 2. The van der Waals surface area contributed by atoms with Crippen LogP contribution >= 0.6 is 0 Å². The third-order valence-corrected chi connectivity index (χ3v) is 3.35. The zero-order chi connectivity index (χ0) is 15.8. The summed E-state index contributed by atoms with van der Waals surface area (Å²) in [7, 11) is 0. The van der Waals surface area contributed by atoms with Crippen LogP contribution in [0.3, 0.4) is 0 Å². The van der Waals surface area contributed by atoms with Crippen molar-refractivity contribution in [3.8, 4) is 0 Å². The van der Waals surface area contributed by atoms with E-state index in [0.29, 0.717) is 31.9 Å². The van der Waals surface area contributed by atoms with Gasteiger partial charge in [0.05, 0.1) is 13.2 Å². The minimum atomic E-state index is -0.207. The Hall–Kier alpha value is -1.92. The molecule has 2 amide bonds. The van der Waals surface area contributed by atoms with E-state index in [2.05, 4.69) is 5.32 Å². The van der Waals surface area contributed by atoms with Crippen molar-refractivity contribution in [3.05, 3.63) is 24.3 Å². The van der Waals surface area contributed by atoms with Crippen LogP contribution in [-0.4, -0.2) is 44.8 Å². The van der Waals surface area contributed by atoms with Crippen LogP contribution < -0.4 is 10.2 Å². The smallest absolute Gasteiger partial charge is 0.250 e. The van der Waals surface area contributed by atoms with Gasteiger partial charge in [-0.25, -0.2) is 0 Å². The van der Waals surface area contributed by atoms with Gasteiger partial charge >= 0.3 is 0 Å². The van der Waals surface area contributed by atoms with E-state index in [-0.39, 0.29) is 18.4 Å². The highest BCUT2D eigenvalue weighted by Crippen LogP contribution is 2.22. The monoisotopic (exact) mass is 306 g/mol. The summed E-state index contributed by atoms with van der Waals surface area (Å²) in [5, 5.41) is 2.75. The molecule has 1 fully saturated rings. The van der Waals surface area contributed by atoms with Gasteiger partial charge in [-0.3, -0.25) is 9.59 Å². The third-order valence-electron chi connectivity index (χ3n) is 3.35. The van der Waals surface area contributed by atoms with Gasteiger partial charge in [-0.05, 0) is 37.6 Å². The van der Waals surface area contributed by atoms with Gasteiger partial charge in [0.1, 0.15) is 6.61 Å². The molecule has 6 heteroatoms. The number of ether oxygens (including phenoxy) is 2. The first-order valence-electron chi connectivity index (χ1n) is 7.56. The predicted molar refractivity (Wildman–Crippen MR) is 84.0 cm³/mol. The predicted octanol–water partition coefficient (Wildman–Crippen LogP) is 1.80. The van der Waals surface area contributed by atoms with Gasteiger partial charge in [-0.2, -0.15) is 0 Å². The number of carbonyl (C=O) groups is 2. The summed E-state index contributed by atoms with van der Waals surface area (Å²) in [6, 6.07) is 7.27.